The van der Waals surface area contributed by atoms with Crippen LogP contribution >= 0.6 is 0 Å². The number of aromatic nitrogens is 2. The number of carbonyl (C=O) groups is 1. The zero-order valence-corrected chi connectivity index (χ0v) is 17.4. The molecule has 0 spiro atoms. The maximum atomic E-state index is 14.0. The van der Waals surface area contributed by atoms with E-state index >= 15 is 0 Å². The van der Waals surface area contributed by atoms with Crippen LogP contribution in [0, 0.1) is 0 Å². The SMILES string of the molecule is O=C(c1cc(-c2ccccc2)nc2ncccc12)N(Cc1ccccc1)C1CCCC1. The first-order valence-electron chi connectivity index (χ1n) is 11.0. The minimum absolute atomic E-state index is 0.0633. The van der Waals surface area contributed by atoms with Crippen LogP contribution in [0.3, 0.4) is 0 Å². The van der Waals surface area contributed by atoms with Crippen molar-refractivity contribution in [1.82, 2.24) is 14.9 Å². The molecule has 1 aliphatic carbocycles. The number of hydrogen-bond donors (Lipinski definition) is 0. The highest BCUT2D eigenvalue weighted by molar-refractivity contribution is 6.06. The van der Waals surface area contributed by atoms with Gasteiger partial charge in [-0.3, -0.25) is 4.79 Å². The molecular formula is C27H25N3O. The lowest BCUT2D eigenvalue weighted by Gasteiger charge is -2.30. The standard InChI is InChI=1S/C27H25N3O/c31-27(30(22-14-7-8-15-22)19-20-10-3-1-4-11-20)24-18-25(21-12-5-2-6-13-21)29-26-23(24)16-9-17-28-26/h1-6,9-13,16-18,22H,7-8,14-15,19H2. The van der Waals surface area contributed by atoms with Gasteiger partial charge in [0.2, 0.25) is 0 Å². The van der Waals surface area contributed by atoms with Gasteiger partial charge in [-0.25, -0.2) is 9.97 Å². The first-order chi connectivity index (χ1) is 15.3. The van der Waals surface area contributed by atoms with Crippen LogP contribution in [-0.2, 0) is 6.54 Å². The second kappa shape index (κ2) is 8.68. The predicted molar refractivity (Wildman–Crippen MR) is 124 cm³/mol. The van der Waals surface area contributed by atoms with Crippen molar-refractivity contribution in [3.8, 4) is 11.3 Å². The molecule has 1 saturated carbocycles. The summed E-state index contributed by atoms with van der Waals surface area (Å²) in [6.45, 7) is 0.620. The zero-order chi connectivity index (χ0) is 21.0. The molecule has 5 rings (SSSR count). The maximum absolute atomic E-state index is 14.0. The summed E-state index contributed by atoms with van der Waals surface area (Å²) in [4.78, 5) is 25.3. The van der Waals surface area contributed by atoms with Gasteiger partial charge in [0.05, 0.1) is 11.3 Å². The van der Waals surface area contributed by atoms with E-state index in [1.54, 1.807) is 6.20 Å². The Morgan fingerprint density at radius 2 is 1.61 bits per heavy atom. The first-order valence-corrected chi connectivity index (χ1v) is 11.0. The average molecular weight is 408 g/mol. The van der Waals surface area contributed by atoms with Crippen LogP contribution in [0.1, 0.15) is 41.6 Å². The van der Waals surface area contributed by atoms with E-state index in [0.717, 1.165) is 35.0 Å². The first kappa shape index (κ1) is 19.4. The lowest BCUT2D eigenvalue weighted by molar-refractivity contribution is 0.0666. The van der Waals surface area contributed by atoms with Gasteiger partial charge in [-0.05, 0) is 36.6 Å². The second-order valence-electron chi connectivity index (χ2n) is 8.15. The summed E-state index contributed by atoms with van der Waals surface area (Å²) >= 11 is 0. The summed E-state index contributed by atoms with van der Waals surface area (Å²) in [6, 6.07) is 26.3. The van der Waals surface area contributed by atoms with Gasteiger partial charge in [0.15, 0.2) is 5.65 Å². The van der Waals surface area contributed by atoms with Gasteiger partial charge < -0.3 is 4.90 Å². The van der Waals surface area contributed by atoms with Crippen LogP contribution in [0.2, 0.25) is 0 Å². The van der Waals surface area contributed by atoms with Crippen molar-refractivity contribution in [2.75, 3.05) is 0 Å². The number of fused-ring (bicyclic) bond motifs is 1. The van der Waals surface area contributed by atoms with Gasteiger partial charge in [-0.1, -0.05) is 73.5 Å². The molecule has 0 atom stereocenters. The molecule has 1 amide bonds. The molecule has 0 unspecified atom stereocenters. The Balaban J connectivity index is 1.60. The van der Waals surface area contributed by atoms with Crippen LogP contribution in [-0.4, -0.2) is 26.8 Å². The Morgan fingerprint density at radius 3 is 2.35 bits per heavy atom. The Hall–Kier alpha value is -3.53. The lowest BCUT2D eigenvalue weighted by atomic mass is 10.0. The van der Waals surface area contributed by atoms with Gasteiger partial charge in [0.25, 0.3) is 5.91 Å². The molecule has 154 valence electrons. The largest absolute Gasteiger partial charge is 0.331 e. The fourth-order valence-corrected chi connectivity index (χ4v) is 4.51. The van der Waals surface area contributed by atoms with E-state index in [0.29, 0.717) is 17.8 Å². The smallest absolute Gasteiger partial charge is 0.255 e. The Kier molecular flexibility index (Phi) is 5.44. The van der Waals surface area contributed by atoms with Crippen molar-refractivity contribution in [2.45, 2.75) is 38.3 Å². The highest BCUT2D eigenvalue weighted by atomic mass is 16.2. The molecule has 4 heteroatoms. The molecule has 0 bridgehead atoms. The van der Waals surface area contributed by atoms with Crippen molar-refractivity contribution < 1.29 is 4.79 Å². The van der Waals surface area contributed by atoms with Gasteiger partial charge in [0, 0.05) is 29.7 Å². The number of carbonyl (C=O) groups excluding carboxylic acids is 1. The highest BCUT2D eigenvalue weighted by Gasteiger charge is 2.29. The van der Waals surface area contributed by atoms with E-state index in [4.69, 9.17) is 4.98 Å². The van der Waals surface area contributed by atoms with E-state index in [9.17, 15) is 4.79 Å². The molecule has 4 nitrogen and oxygen atoms in total. The van der Waals surface area contributed by atoms with Gasteiger partial charge in [0.1, 0.15) is 0 Å². The van der Waals surface area contributed by atoms with Crippen molar-refractivity contribution >= 4 is 16.9 Å². The van der Waals surface area contributed by atoms with Crippen molar-refractivity contribution in [2.24, 2.45) is 0 Å². The van der Waals surface area contributed by atoms with Gasteiger partial charge in [-0.15, -0.1) is 0 Å². The molecule has 1 fully saturated rings. The average Bonchev–Trinajstić information content (AvgIpc) is 3.37. The number of rotatable bonds is 5. The third-order valence-corrected chi connectivity index (χ3v) is 6.11. The van der Waals surface area contributed by atoms with Crippen molar-refractivity contribution in [3.63, 3.8) is 0 Å². The van der Waals surface area contributed by atoms with E-state index in [-0.39, 0.29) is 11.9 Å². The minimum atomic E-state index is 0.0633. The molecule has 2 heterocycles. The summed E-state index contributed by atoms with van der Waals surface area (Å²) < 4.78 is 0. The van der Waals surface area contributed by atoms with E-state index in [1.165, 1.54) is 12.8 Å². The molecule has 0 N–H and O–H groups in total. The van der Waals surface area contributed by atoms with Gasteiger partial charge in [-0.2, -0.15) is 0 Å². The van der Waals surface area contributed by atoms with Crippen LogP contribution in [0.4, 0.5) is 0 Å². The van der Waals surface area contributed by atoms with Crippen LogP contribution in [0.15, 0.2) is 85.1 Å². The zero-order valence-electron chi connectivity index (χ0n) is 17.4. The predicted octanol–water partition coefficient (Wildman–Crippen LogP) is 5.88. The molecule has 0 aliphatic heterocycles. The molecule has 2 aromatic heterocycles. The van der Waals surface area contributed by atoms with Crippen molar-refractivity contribution in [1.29, 1.82) is 0 Å². The quantitative estimate of drug-likeness (QED) is 0.415. The molecule has 2 aromatic carbocycles. The van der Waals surface area contributed by atoms with E-state index < -0.39 is 0 Å². The summed E-state index contributed by atoms with van der Waals surface area (Å²) in [5.41, 5.74) is 4.21. The van der Waals surface area contributed by atoms with Crippen molar-refractivity contribution in [3.05, 3.63) is 96.2 Å². The van der Waals surface area contributed by atoms with E-state index in [1.807, 2.05) is 66.7 Å². The molecule has 4 aromatic rings. The summed E-state index contributed by atoms with van der Waals surface area (Å²) in [5.74, 6) is 0.0633. The Morgan fingerprint density at radius 1 is 0.903 bits per heavy atom. The minimum Gasteiger partial charge on any atom is -0.331 e. The van der Waals surface area contributed by atoms with Crippen LogP contribution in [0.5, 0.6) is 0 Å². The number of amides is 1. The second-order valence-corrected chi connectivity index (χ2v) is 8.15. The number of hydrogen-bond acceptors (Lipinski definition) is 3. The third-order valence-electron chi connectivity index (χ3n) is 6.11. The fraction of sp³-hybridized carbons (Fsp3) is 0.222. The summed E-state index contributed by atoms with van der Waals surface area (Å²) in [7, 11) is 0. The maximum Gasteiger partial charge on any atom is 0.255 e. The number of pyridine rings is 2. The summed E-state index contributed by atoms with van der Waals surface area (Å²) in [6.07, 6.45) is 6.21. The fourth-order valence-electron chi connectivity index (χ4n) is 4.51. The van der Waals surface area contributed by atoms with Crippen LogP contribution in [0.25, 0.3) is 22.3 Å². The van der Waals surface area contributed by atoms with Crippen LogP contribution < -0.4 is 0 Å². The highest BCUT2D eigenvalue weighted by Crippen LogP contribution is 2.30. The molecule has 31 heavy (non-hydrogen) atoms. The normalized spacial score (nSPS) is 14.1. The van der Waals surface area contributed by atoms with Gasteiger partial charge >= 0.3 is 0 Å². The number of nitrogens with zero attached hydrogens (tertiary/aromatic N) is 3. The Bertz CT molecular complexity index is 1190. The lowest BCUT2D eigenvalue weighted by Crippen LogP contribution is -2.38. The summed E-state index contributed by atoms with van der Waals surface area (Å²) in [5, 5.41) is 0.809. The number of benzene rings is 2. The molecule has 0 saturated heterocycles. The monoisotopic (exact) mass is 407 g/mol. The molecule has 0 radical (unpaired) electrons. The third kappa shape index (κ3) is 4.06. The molecule has 1 aliphatic rings. The topological polar surface area (TPSA) is 46.1 Å². The Labute approximate surface area is 182 Å². The molecular weight excluding hydrogens is 382 g/mol. The van der Waals surface area contributed by atoms with E-state index in [2.05, 4.69) is 22.0 Å².